The molecule has 29 heavy (non-hydrogen) atoms. The van der Waals surface area contributed by atoms with Gasteiger partial charge >= 0.3 is 0 Å². The molecule has 2 aliphatic rings. The maximum Gasteiger partial charge on any atom is 0.253 e. The summed E-state index contributed by atoms with van der Waals surface area (Å²) in [5.41, 5.74) is 4.40. The highest BCUT2D eigenvalue weighted by molar-refractivity contribution is 7.11. The maximum absolute atomic E-state index is 13.0. The van der Waals surface area contributed by atoms with Gasteiger partial charge in [-0.25, -0.2) is 15.0 Å². The van der Waals surface area contributed by atoms with Gasteiger partial charge in [-0.2, -0.15) is 0 Å². The third-order valence-corrected chi connectivity index (χ3v) is 7.17. The molecule has 0 fully saturated rings. The number of rotatable bonds is 4. The van der Waals surface area contributed by atoms with Crippen molar-refractivity contribution in [2.75, 3.05) is 6.54 Å². The van der Waals surface area contributed by atoms with Crippen molar-refractivity contribution >= 4 is 28.4 Å². The van der Waals surface area contributed by atoms with Crippen LogP contribution in [0.5, 0.6) is 0 Å². The molecular weight excluding hydrogens is 382 g/mol. The van der Waals surface area contributed by atoms with E-state index in [9.17, 15) is 4.79 Å². The van der Waals surface area contributed by atoms with E-state index in [1.54, 1.807) is 0 Å². The number of carbonyl (C=O) groups is 1. The molecule has 0 radical (unpaired) electrons. The molecule has 0 bridgehead atoms. The molecule has 7 heteroatoms. The van der Waals surface area contributed by atoms with Crippen LogP contribution in [0.4, 0.5) is 0 Å². The number of amides is 1. The number of hydrogen-bond donors (Lipinski definition) is 1. The molecule has 152 valence electrons. The van der Waals surface area contributed by atoms with Gasteiger partial charge in [-0.05, 0) is 51.5 Å². The zero-order valence-corrected chi connectivity index (χ0v) is 17.8. The molecule has 5 rings (SSSR count). The number of pyridine rings is 1. The first-order valence-electron chi connectivity index (χ1n) is 10.8. The average Bonchev–Trinajstić information content (AvgIpc) is 3.19. The summed E-state index contributed by atoms with van der Waals surface area (Å²) in [4.78, 5) is 28.7. The largest absolute Gasteiger partial charge is 0.352 e. The minimum absolute atomic E-state index is 0.0601. The monoisotopic (exact) mass is 409 g/mol. The van der Waals surface area contributed by atoms with Gasteiger partial charge in [0.25, 0.3) is 5.91 Å². The molecule has 1 N–H and O–H groups in total. The summed E-state index contributed by atoms with van der Waals surface area (Å²) in [5, 5.41) is 4.23. The molecule has 0 saturated heterocycles. The van der Waals surface area contributed by atoms with Crippen molar-refractivity contribution in [3.63, 3.8) is 0 Å². The van der Waals surface area contributed by atoms with Crippen molar-refractivity contribution in [3.05, 3.63) is 38.7 Å². The molecule has 4 heterocycles. The van der Waals surface area contributed by atoms with E-state index in [1.807, 2.05) is 24.3 Å². The van der Waals surface area contributed by atoms with Crippen LogP contribution in [0.25, 0.3) is 11.2 Å². The minimum atomic E-state index is -0.0601. The normalized spacial score (nSPS) is 16.3. The van der Waals surface area contributed by atoms with Crippen LogP contribution in [-0.2, 0) is 32.2 Å². The average molecular weight is 410 g/mol. The highest BCUT2D eigenvalue weighted by atomic mass is 32.1. The fourth-order valence-electron chi connectivity index (χ4n) is 4.48. The van der Waals surface area contributed by atoms with Gasteiger partial charge < -0.3 is 9.88 Å². The van der Waals surface area contributed by atoms with E-state index in [4.69, 9.17) is 15.0 Å². The molecule has 0 aromatic carbocycles. The van der Waals surface area contributed by atoms with Gasteiger partial charge in [0.15, 0.2) is 5.65 Å². The summed E-state index contributed by atoms with van der Waals surface area (Å²) in [5.74, 6) is 1.01. The standard InChI is InChI=1S/C22H27N5OS/c1-14-13-15(20-21(24-14)27-12-6-2-3-9-18(27)26-20)22(28)23-11-10-19-25-16-7-4-5-8-17(16)29-19/h13H,2-12H2,1H3,(H,23,28). The summed E-state index contributed by atoms with van der Waals surface area (Å²) in [7, 11) is 0. The number of nitrogens with zero attached hydrogens (tertiary/aromatic N) is 4. The lowest BCUT2D eigenvalue weighted by atomic mass is 10.0. The summed E-state index contributed by atoms with van der Waals surface area (Å²) < 4.78 is 2.21. The second-order valence-electron chi connectivity index (χ2n) is 8.16. The van der Waals surface area contributed by atoms with Crippen LogP contribution in [0, 0.1) is 6.92 Å². The second kappa shape index (κ2) is 7.86. The molecule has 0 saturated carbocycles. The van der Waals surface area contributed by atoms with Gasteiger partial charge in [0, 0.05) is 36.5 Å². The minimum Gasteiger partial charge on any atom is -0.352 e. The summed E-state index contributed by atoms with van der Waals surface area (Å²) in [6.45, 7) is 3.49. The van der Waals surface area contributed by atoms with Gasteiger partial charge in [0.05, 0.1) is 16.3 Å². The van der Waals surface area contributed by atoms with Crippen molar-refractivity contribution in [2.45, 2.75) is 71.3 Å². The van der Waals surface area contributed by atoms with E-state index in [1.165, 1.54) is 36.3 Å². The number of hydrogen-bond acceptors (Lipinski definition) is 5. The van der Waals surface area contributed by atoms with Crippen molar-refractivity contribution in [1.29, 1.82) is 0 Å². The number of fused-ring (bicyclic) bond motifs is 4. The van der Waals surface area contributed by atoms with Gasteiger partial charge in [0.1, 0.15) is 11.3 Å². The van der Waals surface area contributed by atoms with Crippen LogP contribution < -0.4 is 5.32 Å². The van der Waals surface area contributed by atoms with E-state index in [0.717, 1.165) is 66.3 Å². The first-order valence-corrected chi connectivity index (χ1v) is 11.6. The number of aryl methyl sites for hydroxylation is 5. The predicted molar refractivity (Wildman–Crippen MR) is 115 cm³/mol. The molecular formula is C22H27N5OS. The van der Waals surface area contributed by atoms with Crippen LogP contribution in [0.3, 0.4) is 0 Å². The third-order valence-electron chi connectivity index (χ3n) is 5.95. The van der Waals surface area contributed by atoms with Crippen LogP contribution in [-0.4, -0.2) is 32.0 Å². The first-order chi connectivity index (χ1) is 14.2. The molecule has 3 aromatic rings. The van der Waals surface area contributed by atoms with Crippen LogP contribution in [0.2, 0.25) is 0 Å². The Morgan fingerprint density at radius 3 is 2.86 bits per heavy atom. The number of aromatic nitrogens is 4. The van der Waals surface area contributed by atoms with Crippen LogP contribution in [0.1, 0.15) is 69.6 Å². The summed E-state index contributed by atoms with van der Waals surface area (Å²) >= 11 is 1.82. The smallest absolute Gasteiger partial charge is 0.253 e. The molecule has 1 amide bonds. The Morgan fingerprint density at radius 1 is 1.10 bits per heavy atom. The number of carbonyl (C=O) groups excluding carboxylic acids is 1. The molecule has 0 atom stereocenters. The lowest BCUT2D eigenvalue weighted by Crippen LogP contribution is -2.26. The van der Waals surface area contributed by atoms with Crippen molar-refractivity contribution in [2.24, 2.45) is 0 Å². The lowest BCUT2D eigenvalue weighted by Gasteiger charge is -2.07. The molecule has 3 aromatic heterocycles. The highest BCUT2D eigenvalue weighted by Gasteiger charge is 2.21. The molecule has 0 unspecified atom stereocenters. The maximum atomic E-state index is 13.0. The number of imidazole rings is 1. The van der Waals surface area contributed by atoms with Gasteiger partial charge in [-0.3, -0.25) is 4.79 Å². The lowest BCUT2D eigenvalue weighted by molar-refractivity contribution is 0.0955. The fourth-order valence-corrected chi connectivity index (χ4v) is 5.64. The Labute approximate surface area is 174 Å². The number of thiazole rings is 1. The molecule has 6 nitrogen and oxygen atoms in total. The Morgan fingerprint density at radius 2 is 1.97 bits per heavy atom. The quantitative estimate of drug-likeness (QED) is 0.712. The number of nitrogens with one attached hydrogen (secondary N) is 1. The Hall–Kier alpha value is -2.28. The molecule has 0 spiro atoms. The van der Waals surface area contributed by atoms with Crippen molar-refractivity contribution < 1.29 is 4.79 Å². The predicted octanol–water partition coefficient (Wildman–Crippen LogP) is 3.77. The van der Waals surface area contributed by atoms with E-state index in [2.05, 4.69) is 9.88 Å². The van der Waals surface area contributed by atoms with Gasteiger partial charge in [0.2, 0.25) is 0 Å². The first kappa shape index (κ1) is 18.7. The van der Waals surface area contributed by atoms with Crippen LogP contribution >= 0.6 is 11.3 Å². The zero-order chi connectivity index (χ0) is 19.8. The van der Waals surface area contributed by atoms with Crippen LogP contribution in [0.15, 0.2) is 6.07 Å². The Kier molecular flexibility index (Phi) is 5.08. The topological polar surface area (TPSA) is 72.7 Å². The zero-order valence-electron chi connectivity index (χ0n) is 17.0. The van der Waals surface area contributed by atoms with E-state index in [0.29, 0.717) is 12.1 Å². The summed E-state index contributed by atoms with van der Waals surface area (Å²) in [6, 6.07) is 1.87. The molecule has 1 aliphatic heterocycles. The highest BCUT2D eigenvalue weighted by Crippen LogP contribution is 2.27. The van der Waals surface area contributed by atoms with Gasteiger partial charge in [-0.15, -0.1) is 11.3 Å². The van der Waals surface area contributed by atoms with E-state index >= 15 is 0 Å². The van der Waals surface area contributed by atoms with E-state index < -0.39 is 0 Å². The fraction of sp³-hybridized carbons (Fsp3) is 0.545. The Balaban J connectivity index is 1.33. The van der Waals surface area contributed by atoms with Gasteiger partial charge in [-0.1, -0.05) is 6.42 Å². The molecule has 1 aliphatic carbocycles. The Bertz CT molecular complexity index is 1040. The summed E-state index contributed by atoms with van der Waals surface area (Å²) in [6.07, 6.45) is 10.1. The van der Waals surface area contributed by atoms with Crippen molar-refractivity contribution in [1.82, 2.24) is 24.8 Å². The third kappa shape index (κ3) is 3.68. The second-order valence-corrected chi connectivity index (χ2v) is 9.33. The van der Waals surface area contributed by atoms with Crippen molar-refractivity contribution in [3.8, 4) is 0 Å². The SMILES string of the molecule is Cc1cc(C(=O)NCCc2nc3c(s2)CCCC3)c2nc3n(c2n1)CCCCC3. The van der Waals surface area contributed by atoms with E-state index in [-0.39, 0.29) is 5.91 Å².